The number of para-hydroxylation sites is 1. The van der Waals surface area contributed by atoms with Gasteiger partial charge in [0.05, 0.1) is 11.9 Å². The molecule has 1 aromatic carbocycles. The molecule has 0 amide bonds. The molecule has 0 unspecified atom stereocenters. The summed E-state index contributed by atoms with van der Waals surface area (Å²) in [4.78, 5) is 0. The predicted octanol–water partition coefficient (Wildman–Crippen LogP) is 2.62. The van der Waals surface area contributed by atoms with Crippen LogP contribution >= 0.6 is 0 Å². The normalized spacial score (nSPS) is 13.6. The van der Waals surface area contributed by atoms with Crippen LogP contribution in [0.3, 0.4) is 0 Å². The lowest BCUT2D eigenvalue weighted by Crippen LogP contribution is -2.04. The van der Waals surface area contributed by atoms with Gasteiger partial charge in [0.25, 0.3) is 0 Å². The largest absolute Gasteiger partial charge is 0.315 e. The number of rotatable bonds is 2. The molecule has 0 atom stereocenters. The van der Waals surface area contributed by atoms with Gasteiger partial charge in [0.15, 0.2) is 0 Å². The van der Waals surface area contributed by atoms with E-state index in [4.69, 9.17) is 0 Å². The van der Waals surface area contributed by atoms with Crippen LogP contribution in [0.1, 0.15) is 11.3 Å². The zero-order chi connectivity index (χ0) is 11.7. The fourth-order valence-electron chi connectivity index (χ4n) is 1.96. The number of nitrogens with zero attached hydrogens (tertiary/aromatic N) is 3. The SMILES string of the molecule is Cc1cc(C2=N[N]C=C2)n(-c2ccccc2)c1. The van der Waals surface area contributed by atoms with E-state index in [1.54, 1.807) is 6.20 Å². The van der Waals surface area contributed by atoms with E-state index >= 15 is 0 Å². The molecule has 3 heteroatoms. The highest BCUT2D eigenvalue weighted by Gasteiger charge is 2.12. The highest BCUT2D eigenvalue weighted by Crippen LogP contribution is 2.17. The lowest BCUT2D eigenvalue weighted by molar-refractivity contribution is 0.966. The monoisotopic (exact) mass is 222 g/mol. The number of aryl methyl sites for hydroxylation is 1. The van der Waals surface area contributed by atoms with E-state index in [1.165, 1.54) is 5.56 Å². The summed E-state index contributed by atoms with van der Waals surface area (Å²) in [5.41, 5.74) is 8.21. The smallest absolute Gasteiger partial charge is 0.111 e. The van der Waals surface area contributed by atoms with E-state index < -0.39 is 0 Å². The van der Waals surface area contributed by atoms with Crippen molar-refractivity contribution in [2.24, 2.45) is 5.10 Å². The molecule has 1 aliphatic rings. The number of allylic oxidation sites excluding steroid dienone is 1. The summed E-state index contributed by atoms with van der Waals surface area (Å²) >= 11 is 0. The van der Waals surface area contributed by atoms with Crippen LogP contribution in [0, 0.1) is 6.92 Å². The Labute approximate surface area is 100 Å². The summed E-state index contributed by atoms with van der Waals surface area (Å²) in [7, 11) is 0. The third kappa shape index (κ3) is 1.76. The van der Waals surface area contributed by atoms with Crippen molar-refractivity contribution < 1.29 is 0 Å². The van der Waals surface area contributed by atoms with Crippen molar-refractivity contribution >= 4 is 5.71 Å². The van der Waals surface area contributed by atoms with Crippen LogP contribution in [0.2, 0.25) is 0 Å². The zero-order valence-corrected chi connectivity index (χ0v) is 9.54. The Hall–Kier alpha value is -2.29. The van der Waals surface area contributed by atoms with Gasteiger partial charge in [-0.2, -0.15) is 5.43 Å². The van der Waals surface area contributed by atoms with Crippen molar-refractivity contribution in [3.63, 3.8) is 0 Å². The van der Waals surface area contributed by atoms with Gasteiger partial charge in [0, 0.05) is 11.9 Å². The average Bonchev–Trinajstić information content (AvgIpc) is 2.98. The molecule has 0 aliphatic carbocycles. The summed E-state index contributed by atoms with van der Waals surface area (Å²) in [6, 6.07) is 12.4. The molecule has 0 N–H and O–H groups in total. The van der Waals surface area contributed by atoms with Gasteiger partial charge < -0.3 is 4.57 Å². The average molecular weight is 222 g/mol. The maximum atomic E-state index is 4.12. The fraction of sp³-hybridized carbons (Fsp3) is 0.0714. The lowest BCUT2D eigenvalue weighted by Gasteiger charge is -2.07. The molecule has 2 aromatic rings. The molecule has 17 heavy (non-hydrogen) atoms. The summed E-state index contributed by atoms with van der Waals surface area (Å²) < 4.78 is 2.14. The summed E-state index contributed by atoms with van der Waals surface area (Å²) in [5, 5.41) is 4.12. The van der Waals surface area contributed by atoms with Crippen molar-refractivity contribution in [2.45, 2.75) is 6.92 Å². The topological polar surface area (TPSA) is 31.4 Å². The van der Waals surface area contributed by atoms with Crippen molar-refractivity contribution in [1.82, 2.24) is 9.99 Å². The standard InChI is InChI=1S/C14H12N3/c1-11-9-14(13-7-8-15-16-13)17(10-11)12-5-3-2-4-6-12/h2-10H,1H3. The Morgan fingerprint density at radius 1 is 1.12 bits per heavy atom. The van der Waals surface area contributed by atoms with Crippen LogP contribution in [0.25, 0.3) is 5.69 Å². The second-order valence-corrected chi connectivity index (χ2v) is 4.02. The Kier molecular flexibility index (Phi) is 2.29. The van der Waals surface area contributed by atoms with Gasteiger partial charge in [-0.15, -0.1) is 5.10 Å². The fourth-order valence-corrected chi connectivity index (χ4v) is 1.96. The number of aromatic nitrogens is 1. The van der Waals surface area contributed by atoms with E-state index in [0.717, 1.165) is 17.1 Å². The molecule has 83 valence electrons. The van der Waals surface area contributed by atoms with Crippen LogP contribution in [0.5, 0.6) is 0 Å². The molecule has 1 radical (unpaired) electrons. The maximum absolute atomic E-state index is 4.12. The highest BCUT2D eigenvalue weighted by atomic mass is 15.3. The molecule has 0 spiro atoms. The van der Waals surface area contributed by atoms with Gasteiger partial charge in [-0.1, -0.05) is 18.2 Å². The second kappa shape index (κ2) is 3.94. The van der Waals surface area contributed by atoms with Gasteiger partial charge >= 0.3 is 0 Å². The zero-order valence-electron chi connectivity index (χ0n) is 9.54. The maximum Gasteiger partial charge on any atom is 0.111 e. The Balaban J connectivity index is 2.14. The van der Waals surface area contributed by atoms with Crippen LogP contribution in [-0.4, -0.2) is 10.3 Å². The summed E-state index contributed by atoms with van der Waals surface area (Å²) in [6.07, 6.45) is 5.75. The lowest BCUT2D eigenvalue weighted by atomic mass is 10.2. The predicted molar refractivity (Wildman–Crippen MR) is 68.3 cm³/mol. The second-order valence-electron chi connectivity index (χ2n) is 4.02. The van der Waals surface area contributed by atoms with Crippen LogP contribution in [0.15, 0.2) is 60.0 Å². The molecule has 1 aliphatic heterocycles. The summed E-state index contributed by atoms with van der Waals surface area (Å²) in [5.74, 6) is 0. The third-order valence-corrected chi connectivity index (χ3v) is 2.72. The van der Waals surface area contributed by atoms with Crippen molar-refractivity contribution in [2.75, 3.05) is 0 Å². The van der Waals surface area contributed by atoms with Crippen LogP contribution in [-0.2, 0) is 0 Å². The number of hydrogen-bond acceptors (Lipinski definition) is 1. The van der Waals surface area contributed by atoms with E-state index in [9.17, 15) is 0 Å². The minimum Gasteiger partial charge on any atom is -0.315 e. The van der Waals surface area contributed by atoms with Gasteiger partial charge in [-0.05, 0) is 36.8 Å². The van der Waals surface area contributed by atoms with E-state index in [0.29, 0.717) is 0 Å². The Morgan fingerprint density at radius 3 is 2.65 bits per heavy atom. The van der Waals surface area contributed by atoms with Crippen molar-refractivity contribution in [3.05, 3.63) is 66.1 Å². The van der Waals surface area contributed by atoms with Gasteiger partial charge in [0.2, 0.25) is 0 Å². The van der Waals surface area contributed by atoms with E-state index in [1.807, 2.05) is 24.3 Å². The first kappa shape index (κ1) is 9.90. The molecule has 0 fully saturated rings. The minimum absolute atomic E-state index is 0.905. The minimum atomic E-state index is 0.905. The number of hydrogen-bond donors (Lipinski definition) is 0. The summed E-state index contributed by atoms with van der Waals surface area (Å²) in [6.45, 7) is 2.08. The molecular formula is C14H12N3. The molecule has 0 bridgehead atoms. The third-order valence-electron chi connectivity index (χ3n) is 2.72. The Bertz CT molecular complexity index is 591. The Morgan fingerprint density at radius 2 is 1.94 bits per heavy atom. The molecule has 2 heterocycles. The quantitative estimate of drug-likeness (QED) is 0.748. The first-order chi connectivity index (χ1) is 8.34. The van der Waals surface area contributed by atoms with Gasteiger partial charge in [-0.3, -0.25) is 0 Å². The van der Waals surface area contributed by atoms with Crippen LogP contribution in [0.4, 0.5) is 0 Å². The van der Waals surface area contributed by atoms with Gasteiger partial charge in [0.1, 0.15) is 5.71 Å². The van der Waals surface area contributed by atoms with Crippen LogP contribution < -0.4 is 5.43 Å². The van der Waals surface area contributed by atoms with Crippen molar-refractivity contribution in [3.8, 4) is 5.69 Å². The first-order valence-corrected chi connectivity index (χ1v) is 5.54. The molecule has 3 nitrogen and oxygen atoms in total. The van der Waals surface area contributed by atoms with E-state index in [-0.39, 0.29) is 0 Å². The molecule has 0 saturated heterocycles. The molecular weight excluding hydrogens is 210 g/mol. The van der Waals surface area contributed by atoms with Gasteiger partial charge in [-0.25, -0.2) is 0 Å². The molecule has 1 aromatic heterocycles. The highest BCUT2D eigenvalue weighted by molar-refractivity contribution is 6.08. The molecule has 3 rings (SSSR count). The first-order valence-electron chi connectivity index (χ1n) is 5.54. The molecule has 0 saturated carbocycles. The van der Waals surface area contributed by atoms with Crippen molar-refractivity contribution in [1.29, 1.82) is 0 Å². The number of benzene rings is 1. The van der Waals surface area contributed by atoms with E-state index in [2.05, 4.69) is 46.4 Å².